The van der Waals surface area contributed by atoms with E-state index in [4.69, 9.17) is 5.73 Å². The number of nitrogens with two attached hydrogens (primary N) is 1. The largest absolute Gasteiger partial charge is 0.329 e. The fourth-order valence-corrected chi connectivity index (χ4v) is 3.35. The molecule has 5 nitrogen and oxygen atoms in total. The van der Waals surface area contributed by atoms with E-state index in [1.165, 1.54) is 11.3 Å². The molecule has 1 aliphatic heterocycles. The predicted molar refractivity (Wildman–Crippen MR) is 80.7 cm³/mol. The fraction of sp³-hybridized carbons (Fsp3) is 0.500. The number of anilines is 1. The lowest BCUT2D eigenvalue weighted by Gasteiger charge is -2.25. The zero-order chi connectivity index (χ0) is 14.8. The van der Waals surface area contributed by atoms with Crippen LogP contribution in [0.2, 0.25) is 0 Å². The molecule has 3 rings (SSSR count). The van der Waals surface area contributed by atoms with Crippen molar-refractivity contribution in [2.75, 3.05) is 4.90 Å². The molecule has 1 aromatic rings. The maximum Gasteiger partial charge on any atom is 0.329 e. The Morgan fingerprint density at radius 1 is 1.19 bits per heavy atom. The molecular weight excluding hydrogens is 266 g/mol. The molecule has 1 atom stereocenters. The molecule has 0 spiro atoms. The SMILES string of the molecule is NCc1cccc(N2C(=O)NC(C3CCCCC3)C2=O)c1. The van der Waals surface area contributed by atoms with E-state index in [-0.39, 0.29) is 23.9 Å². The van der Waals surface area contributed by atoms with Gasteiger partial charge in [-0.1, -0.05) is 31.4 Å². The number of hydrogen-bond acceptors (Lipinski definition) is 3. The third-order valence-electron chi connectivity index (χ3n) is 4.49. The zero-order valence-electron chi connectivity index (χ0n) is 12.0. The molecule has 112 valence electrons. The van der Waals surface area contributed by atoms with Crippen molar-refractivity contribution in [1.29, 1.82) is 0 Å². The number of benzene rings is 1. The maximum absolute atomic E-state index is 12.6. The van der Waals surface area contributed by atoms with Gasteiger partial charge in [-0.25, -0.2) is 9.69 Å². The first-order valence-corrected chi connectivity index (χ1v) is 7.64. The Balaban J connectivity index is 1.82. The van der Waals surface area contributed by atoms with Crippen LogP contribution in [0.1, 0.15) is 37.7 Å². The lowest BCUT2D eigenvalue weighted by atomic mass is 9.84. The summed E-state index contributed by atoms with van der Waals surface area (Å²) >= 11 is 0. The van der Waals surface area contributed by atoms with E-state index < -0.39 is 0 Å². The topological polar surface area (TPSA) is 75.4 Å². The molecule has 2 fully saturated rings. The average Bonchev–Trinajstić information content (AvgIpc) is 2.83. The molecule has 0 aromatic heterocycles. The molecule has 0 bridgehead atoms. The summed E-state index contributed by atoms with van der Waals surface area (Å²) in [4.78, 5) is 26.1. The van der Waals surface area contributed by atoms with Crippen LogP contribution in [0, 0.1) is 5.92 Å². The summed E-state index contributed by atoms with van der Waals surface area (Å²) in [5.74, 6) is 0.152. The van der Waals surface area contributed by atoms with Crippen molar-refractivity contribution in [3.63, 3.8) is 0 Å². The van der Waals surface area contributed by atoms with Gasteiger partial charge in [-0.3, -0.25) is 4.79 Å². The van der Waals surface area contributed by atoms with Gasteiger partial charge in [0.15, 0.2) is 0 Å². The number of urea groups is 1. The minimum Gasteiger partial charge on any atom is -0.326 e. The zero-order valence-corrected chi connectivity index (χ0v) is 12.0. The van der Waals surface area contributed by atoms with E-state index in [0.717, 1.165) is 31.2 Å². The highest BCUT2D eigenvalue weighted by Gasteiger charge is 2.43. The summed E-state index contributed by atoms with van der Waals surface area (Å²) in [6, 6.07) is 6.62. The summed E-state index contributed by atoms with van der Waals surface area (Å²) in [5.41, 5.74) is 7.15. The Labute approximate surface area is 124 Å². The van der Waals surface area contributed by atoms with E-state index in [0.29, 0.717) is 12.2 Å². The minimum absolute atomic E-state index is 0.124. The Morgan fingerprint density at radius 2 is 1.95 bits per heavy atom. The van der Waals surface area contributed by atoms with Crippen LogP contribution in [0.15, 0.2) is 24.3 Å². The van der Waals surface area contributed by atoms with Crippen LogP contribution < -0.4 is 16.0 Å². The quantitative estimate of drug-likeness (QED) is 0.836. The number of rotatable bonds is 3. The van der Waals surface area contributed by atoms with Crippen LogP contribution in [-0.2, 0) is 11.3 Å². The fourth-order valence-electron chi connectivity index (χ4n) is 3.35. The predicted octanol–water partition coefficient (Wildman–Crippen LogP) is 2.15. The van der Waals surface area contributed by atoms with E-state index in [1.807, 2.05) is 12.1 Å². The molecule has 1 aromatic carbocycles. The minimum atomic E-state index is -0.362. The van der Waals surface area contributed by atoms with E-state index in [2.05, 4.69) is 5.32 Å². The van der Waals surface area contributed by atoms with Crippen LogP contribution in [0.5, 0.6) is 0 Å². The Bertz CT molecular complexity index is 552. The standard InChI is InChI=1S/C16H21N3O2/c17-10-11-5-4-8-13(9-11)19-15(20)14(18-16(19)21)12-6-2-1-3-7-12/h4-5,8-9,12,14H,1-3,6-7,10,17H2,(H,18,21). The molecule has 3 amide bonds. The number of amides is 3. The second-order valence-electron chi connectivity index (χ2n) is 5.87. The molecule has 1 unspecified atom stereocenters. The van der Waals surface area contributed by atoms with Crippen molar-refractivity contribution in [2.24, 2.45) is 11.7 Å². The summed E-state index contributed by atoms with van der Waals surface area (Å²) in [6.45, 7) is 0.392. The highest BCUT2D eigenvalue weighted by atomic mass is 16.2. The number of carbonyl (C=O) groups excluding carboxylic acids is 2. The molecule has 1 saturated carbocycles. The van der Waals surface area contributed by atoms with Crippen molar-refractivity contribution >= 4 is 17.6 Å². The summed E-state index contributed by atoms with van der Waals surface area (Å²) in [7, 11) is 0. The highest BCUT2D eigenvalue weighted by Crippen LogP contribution is 2.31. The van der Waals surface area contributed by atoms with Gasteiger partial charge < -0.3 is 11.1 Å². The Kier molecular flexibility index (Phi) is 3.92. The van der Waals surface area contributed by atoms with Gasteiger partial charge in [-0.15, -0.1) is 0 Å². The first kappa shape index (κ1) is 14.1. The molecule has 21 heavy (non-hydrogen) atoms. The molecule has 1 saturated heterocycles. The number of imide groups is 1. The summed E-state index contributed by atoms with van der Waals surface area (Å²) in [6.07, 6.45) is 5.56. The van der Waals surface area contributed by atoms with Crippen molar-refractivity contribution in [2.45, 2.75) is 44.7 Å². The first-order valence-electron chi connectivity index (χ1n) is 7.64. The molecule has 2 aliphatic rings. The van der Waals surface area contributed by atoms with Crippen LogP contribution in [0.4, 0.5) is 10.5 Å². The third-order valence-corrected chi connectivity index (χ3v) is 4.49. The second kappa shape index (κ2) is 5.85. The van der Waals surface area contributed by atoms with Gasteiger partial charge >= 0.3 is 6.03 Å². The van der Waals surface area contributed by atoms with Crippen LogP contribution in [0.3, 0.4) is 0 Å². The molecule has 1 heterocycles. The van der Waals surface area contributed by atoms with Gasteiger partial charge in [0, 0.05) is 6.54 Å². The van der Waals surface area contributed by atoms with E-state index in [1.54, 1.807) is 12.1 Å². The number of nitrogens with one attached hydrogen (secondary N) is 1. The monoisotopic (exact) mass is 287 g/mol. The Hall–Kier alpha value is -1.88. The van der Waals surface area contributed by atoms with Crippen LogP contribution in [-0.4, -0.2) is 18.0 Å². The molecular formula is C16H21N3O2. The number of carbonyl (C=O) groups is 2. The van der Waals surface area contributed by atoms with Gasteiger partial charge in [-0.2, -0.15) is 0 Å². The molecule has 1 aliphatic carbocycles. The Morgan fingerprint density at radius 3 is 2.67 bits per heavy atom. The lowest BCUT2D eigenvalue weighted by molar-refractivity contribution is -0.119. The molecule has 5 heteroatoms. The number of hydrogen-bond donors (Lipinski definition) is 2. The highest BCUT2D eigenvalue weighted by molar-refractivity contribution is 6.21. The van der Waals surface area contributed by atoms with Crippen molar-refractivity contribution < 1.29 is 9.59 Å². The smallest absolute Gasteiger partial charge is 0.326 e. The average molecular weight is 287 g/mol. The van der Waals surface area contributed by atoms with Gasteiger partial charge in [0.1, 0.15) is 6.04 Å². The van der Waals surface area contributed by atoms with Gasteiger partial charge in [0.05, 0.1) is 5.69 Å². The number of nitrogens with zero attached hydrogens (tertiary/aromatic N) is 1. The molecule has 0 radical (unpaired) electrons. The van der Waals surface area contributed by atoms with Crippen LogP contribution in [0.25, 0.3) is 0 Å². The van der Waals surface area contributed by atoms with Crippen LogP contribution >= 0.6 is 0 Å². The normalized spacial score (nSPS) is 23.5. The van der Waals surface area contributed by atoms with Gasteiger partial charge in [-0.05, 0) is 36.5 Å². The summed E-state index contributed by atoms with van der Waals surface area (Å²) < 4.78 is 0. The van der Waals surface area contributed by atoms with Crippen molar-refractivity contribution in [1.82, 2.24) is 5.32 Å². The van der Waals surface area contributed by atoms with Gasteiger partial charge in [0.2, 0.25) is 0 Å². The third kappa shape index (κ3) is 2.65. The van der Waals surface area contributed by atoms with E-state index in [9.17, 15) is 9.59 Å². The van der Waals surface area contributed by atoms with Crippen molar-refractivity contribution in [3.05, 3.63) is 29.8 Å². The second-order valence-corrected chi connectivity index (χ2v) is 5.87. The maximum atomic E-state index is 12.6. The molecule has 3 N–H and O–H groups in total. The lowest BCUT2D eigenvalue weighted by Crippen LogP contribution is -2.38. The van der Waals surface area contributed by atoms with E-state index >= 15 is 0 Å². The van der Waals surface area contributed by atoms with Crippen molar-refractivity contribution in [3.8, 4) is 0 Å². The summed E-state index contributed by atoms with van der Waals surface area (Å²) in [5, 5.41) is 2.87. The first-order chi connectivity index (χ1) is 10.2. The van der Waals surface area contributed by atoms with Gasteiger partial charge in [0.25, 0.3) is 5.91 Å².